The van der Waals surface area contributed by atoms with Crippen LogP contribution in [0.5, 0.6) is 0 Å². The van der Waals surface area contributed by atoms with Crippen molar-refractivity contribution < 1.29 is 29.0 Å². The van der Waals surface area contributed by atoms with E-state index in [0.717, 1.165) is 4.90 Å². The molecule has 0 radical (unpaired) electrons. The van der Waals surface area contributed by atoms with Crippen LogP contribution in [0.2, 0.25) is 0 Å². The van der Waals surface area contributed by atoms with E-state index in [4.69, 9.17) is 14.6 Å². The second-order valence-electron chi connectivity index (χ2n) is 5.86. The van der Waals surface area contributed by atoms with Gasteiger partial charge in [-0.25, -0.2) is 19.3 Å². The molecule has 2 heterocycles. The summed E-state index contributed by atoms with van der Waals surface area (Å²) in [6.07, 6.45) is -2.75. The highest BCUT2D eigenvalue weighted by molar-refractivity contribution is 5.90. The van der Waals surface area contributed by atoms with Gasteiger partial charge >= 0.3 is 18.3 Å². The summed E-state index contributed by atoms with van der Waals surface area (Å²) < 4.78 is 10.3. The molecule has 0 aliphatic carbocycles. The zero-order valence-electron chi connectivity index (χ0n) is 11.7. The molecule has 0 aromatic heterocycles. The number of carbonyl (C=O) groups is 3. The zero-order valence-corrected chi connectivity index (χ0v) is 11.7. The third kappa shape index (κ3) is 2.78. The van der Waals surface area contributed by atoms with Crippen molar-refractivity contribution in [3.63, 3.8) is 0 Å². The summed E-state index contributed by atoms with van der Waals surface area (Å²) >= 11 is 0. The maximum absolute atomic E-state index is 12.0. The van der Waals surface area contributed by atoms with Gasteiger partial charge in [0.1, 0.15) is 17.7 Å². The first-order valence-corrected chi connectivity index (χ1v) is 6.40. The molecule has 2 aliphatic rings. The molecule has 0 saturated carbocycles. The van der Waals surface area contributed by atoms with Gasteiger partial charge < -0.3 is 19.5 Å². The monoisotopic (exact) mass is 286 g/mol. The number of rotatable bonds is 0. The lowest BCUT2D eigenvalue weighted by atomic mass is 10.0. The van der Waals surface area contributed by atoms with E-state index >= 15 is 0 Å². The fourth-order valence-electron chi connectivity index (χ4n) is 2.31. The fraction of sp³-hybridized carbons (Fsp3) is 0.750. The molecule has 2 fully saturated rings. The first kappa shape index (κ1) is 14.4. The maximum atomic E-state index is 12.0. The van der Waals surface area contributed by atoms with Crippen molar-refractivity contribution in [1.82, 2.24) is 9.80 Å². The lowest BCUT2D eigenvalue weighted by molar-refractivity contribution is 0.0220. The fourth-order valence-corrected chi connectivity index (χ4v) is 2.31. The van der Waals surface area contributed by atoms with Gasteiger partial charge in [-0.2, -0.15) is 0 Å². The quantitative estimate of drug-likeness (QED) is 0.724. The highest BCUT2D eigenvalue weighted by Gasteiger charge is 2.50. The summed E-state index contributed by atoms with van der Waals surface area (Å²) in [6.45, 7) is 5.40. The van der Waals surface area contributed by atoms with Crippen LogP contribution in [-0.2, 0) is 9.47 Å². The molecule has 0 aromatic rings. The van der Waals surface area contributed by atoms with Crippen molar-refractivity contribution >= 4 is 18.3 Å². The highest BCUT2D eigenvalue weighted by atomic mass is 16.6. The molecule has 8 nitrogen and oxygen atoms in total. The second-order valence-corrected chi connectivity index (χ2v) is 5.86. The predicted molar refractivity (Wildman–Crippen MR) is 66.3 cm³/mol. The summed E-state index contributed by atoms with van der Waals surface area (Å²) in [5, 5.41) is 9.00. The Morgan fingerprint density at radius 3 is 2.60 bits per heavy atom. The van der Waals surface area contributed by atoms with Crippen LogP contribution in [0.25, 0.3) is 0 Å². The molecular weight excluding hydrogens is 268 g/mol. The van der Waals surface area contributed by atoms with Crippen molar-refractivity contribution in [2.24, 2.45) is 0 Å². The molecule has 3 amide bonds. The average Bonchev–Trinajstić information content (AvgIpc) is 2.61. The summed E-state index contributed by atoms with van der Waals surface area (Å²) in [7, 11) is 0. The third-order valence-electron chi connectivity index (χ3n) is 3.16. The zero-order chi connectivity index (χ0) is 15.1. The SMILES string of the molecule is CC(C)(C)OC(=O)N1C(=O)OC2CCN(C(=O)O)CC21. The number of likely N-dealkylation sites (tertiary alicyclic amines) is 1. The number of imide groups is 1. The number of ether oxygens (including phenoxy) is 2. The van der Waals surface area contributed by atoms with Crippen LogP contribution in [0.15, 0.2) is 0 Å². The molecule has 2 saturated heterocycles. The molecule has 2 aliphatic heterocycles. The molecule has 0 spiro atoms. The van der Waals surface area contributed by atoms with Gasteiger partial charge in [-0.3, -0.25) is 0 Å². The number of carbonyl (C=O) groups excluding carboxylic acids is 2. The Bertz CT molecular complexity index is 444. The van der Waals surface area contributed by atoms with E-state index in [1.807, 2.05) is 0 Å². The van der Waals surface area contributed by atoms with E-state index in [-0.39, 0.29) is 13.1 Å². The second kappa shape index (κ2) is 4.84. The minimum Gasteiger partial charge on any atom is -0.465 e. The largest absolute Gasteiger partial charge is 0.465 e. The number of fused-ring (bicyclic) bond motifs is 1. The average molecular weight is 286 g/mol. The molecule has 1 N–H and O–H groups in total. The predicted octanol–water partition coefficient (Wildman–Crippen LogP) is 1.49. The minimum absolute atomic E-state index is 0.0466. The molecule has 112 valence electrons. The Balaban J connectivity index is 2.13. The Morgan fingerprint density at radius 1 is 1.40 bits per heavy atom. The van der Waals surface area contributed by atoms with E-state index in [0.29, 0.717) is 6.42 Å². The molecule has 0 aromatic carbocycles. The molecular formula is C12H18N2O6. The van der Waals surface area contributed by atoms with Crippen LogP contribution in [0.1, 0.15) is 27.2 Å². The van der Waals surface area contributed by atoms with E-state index in [2.05, 4.69) is 0 Å². The Kier molecular flexibility index (Phi) is 3.49. The maximum Gasteiger partial charge on any atom is 0.420 e. The van der Waals surface area contributed by atoms with Crippen molar-refractivity contribution in [3.05, 3.63) is 0 Å². The smallest absolute Gasteiger partial charge is 0.420 e. The van der Waals surface area contributed by atoms with E-state index in [1.165, 1.54) is 4.90 Å². The molecule has 2 rings (SSSR count). The molecule has 0 bridgehead atoms. The van der Waals surface area contributed by atoms with Crippen LogP contribution in [0, 0.1) is 0 Å². The van der Waals surface area contributed by atoms with Crippen molar-refractivity contribution in [1.29, 1.82) is 0 Å². The minimum atomic E-state index is -1.08. The van der Waals surface area contributed by atoms with Gasteiger partial charge in [0.25, 0.3) is 0 Å². The van der Waals surface area contributed by atoms with Gasteiger partial charge in [0.15, 0.2) is 0 Å². The highest BCUT2D eigenvalue weighted by Crippen LogP contribution is 2.28. The van der Waals surface area contributed by atoms with Gasteiger partial charge in [-0.1, -0.05) is 0 Å². The van der Waals surface area contributed by atoms with Gasteiger partial charge in [-0.05, 0) is 20.8 Å². The Labute approximate surface area is 116 Å². The number of hydrogen-bond donors (Lipinski definition) is 1. The van der Waals surface area contributed by atoms with Crippen molar-refractivity contribution in [3.8, 4) is 0 Å². The van der Waals surface area contributed by atoms with E-state index in [9.17, 15) is 14.4 Å². The standard InChI is InChI=1S/C12H18N2O6/c1-12(2,3)20-11(18)14-7-6-13(9(15)16)5-4-8(7)19-10(14)17/h7-8H,4-6H2,1-3H3,(H,15,16). The Hall–Kier alpha value is -1.99. The summed E-state index contributed by atoms with van der Waals surface area (Å²) in [4.78, 5) is 36.9. The number of piperidine rings is 1. The first-order valence-electron chi connectivity index (χ1n) is 6.40. The van der Waals surface area contributed by atoms with Crippen molar-refractivity contribution in [2.75, 3.05) is 13.1 Å². The first-order chi connectivity index (χ1) is 9.19. The number of amides is 3. The number of nitrogens with zero attached hydrogens (tertiary/aromatic N) is 2. The van der Waals surface area contributed by atoms with Crippen LogP contribution in [-0.4, -0.2) is 64.0 Å². The molecule has 20 heavy (non-hydrogen) atoms. The number of hydrogen-bond acceptors (Lipinski definition) is 5. The van der Waals surface area contributed by atoms with Gasteiger partial charge in [0, 0.05) is 19.5 Å². The van der Waals surface area contributed by atoms with Gasteiger partial charge in [0.2, 0.25) is 0 Å². The van der Waals surface area contributed by atoms with Crippen LogP contribution in [0.4, 0.5) is 14.4 Å². The summed E-state index contributed by atoms with van der Waals surface area (Å²) in [5.74, 6) is 0. The van der Waals surface area contributed by atoms with Gasteiger partial charge in [-0.15, -0.1) is 0 Å². The van der Waals surface area contributed by atoms with Crippen molar-refractivity contribution in [2.45, 2.75) is 44.9 Å². The van der Waals surface area contributed by atoms with Crippen LogP contribution < -0.4 is 0 Å². The normalized spacial score (nSPS) is 26.1. The van der Waals surface area contributed by atoms with Gasteiger partial charge in [0.05, 0.1) is 0 Å². The van der Waals surface area contributed by atoms with E-state index in [1.54, 1.807) is 20.8 Å². The van der Waals surface area contributed by atoms with Crippen LogP contribution >= 0.6 is 0 Å². The van der Waals surface area contributed by atoms with Crippen LogP contribution in [0.3, 0.4) is 0 Å². The number of carboxylic acid groups (broad SMARTS) is 1. The molecule has 2 atom stereocenters. The summed E-state index contributed by atoms with van der Waals surface area (Å²) in [5.41, 5.74) is -0.739. The lowest BCUT2D eigenvalue weighted by Crippen LogP contribution is -2.54. The molecule has 2 unspecified atom stereocenters. The lowest BCUT2D eigenvalue weighted by Gasteiger charge is -2.34. The third-order valence-corrected chi connectivity index (χ3v) is 3.16. The topological polar surface area (TPSA) is 96.4 Å². The molecule has 8 heteroatoms. The van der Waals surface area contributed by atoms with E-state index < -0.39 is 36.0 Å². The Morgan fingerprint density at radius 2 is 2.05 bits per heavy atom. The summed E-state index contributed by atoms with van der Waals surface area (Å²) in [6, 6.07) is -0.623.